The van der Waals surface area contributed by atoms with Gasteiger partial charge in [-0.3, -0.25) is 15.4 Å². The fraction of sp³-hybridized carbons (Fsp3) is 0.650. The predicted octanol–water partition coefficient (Wildman–Crippen LogP) is 4.43. The molecule has 7 nitrogen and oxygen atoms in total. The van der Waals surface area contributed by atoms with Crippen LogP contribution in [0.4, 0.5) is 5.69 Å². The van der Waals surface area contributed by atoms with E-state index < -0.39 is 6.10 Å². The number of carbonyl (C=O) groups excluding carboxylic acids is 1. The number of nitrogens with zero attached hydrogens (tertiary/aromatic N) is 1. The van der Waals surface area contributed by atoms with E-state index in [1.54, 1.807) is 0 Å². The van der Waals surface area contributed by atoms with Gasteiger partial charge in [0.25, 0.3) is 5.91 Å². The Morgan fingerprint density at radius 2 is 1.59 bits per heavy atom. The summed E-state index contributed by atoms with van der Waals surface area (Å²) in [4.78, 5) is 11.9. The van der Waals surface area contributed by atoms with Crippen LogP contribution in [0.15, 0.2) is 24.3 Å². The van der Waals surface area contributed by atoms with E-state index in [1.165, 1.54) is 69.2 Å². The summed E-state index contributed by atoms with van der Waals surface area (Å²) in [6.07, 6.45) is 12.1. The van der Waals surface area contributed by atoms with Gasteiger partial charge in [0.2, 0.25) is 0 Å². The predicted molar refractivity (Wildman–Crippen MR) is 107 cm³/mol. The summed E-state index contributed by atoms with van der Waals surface area (Å²) in [5.74, 6) is 5.32. The van der Waals surface area contributed by atoms with E-state index in [-0.39, 0.29) is 16.8 Å². The molecule has 0 aromatic heterocycles. The third-order valence-corrected chi connectivity index (χ3v) is 4.59. The molecule has 1 amide bonds. The molecule has 0 saturated heterocycles. The fourth-order valence-electron chi connectivity index (χ4n) is 2.97. The number of anilines is 1. The third-order valence-electron chi connectivity index (χ3n) is 4.59. The van der Waals surface area contributed by atoms with E-state index >= 15 is 0 Å². The molecule has 1 aromatic rings. The lowest BCUT2D eigenvalue weighted by Gasteiger charge is -2.22. The molecule has 4 N–H and O–H groups in total. The van der Waals surface area contributed by atoms with Crippen molar-refractivity contribution < 1.29 is 14.7 Å². The number of nitrogens with one attached hydrogen (secondary N) is 1. The van der Waals surface area contributed by atoms with Crippen LogP contribution in [0.5, 0.6) is 5.75 Å². The molecule has 154 valence electrons. The second-order valence-electron chi connectivity index (χ2n) is 6.85. The molecule has 0 spiro atoms. The lowest BCUT2D eigenvalue weighted by atomic mass is 10.0. The molecule has 27 heavy (non-hydrogen) atoms. The van der Waals surface area contributed by atoms with Gasteiger partial charge in [-0.25, -0.2) is 5.84 Å². The van der Waals surface area contributed by atoms with Crippen LogP contribution in [0.2, 0.25) is 0 Å². The number of hydrogen-bond donors (Lipinski definition) is 3. The van der Waals surface area contributed by atoms with Crippen molar-refractivity contribution in [1.82, 2.24) is 5.43 Å². The van der Waals surface area contributed by atoms with Crippen molar-refractivity contribution in [3.63, 3.8) is 0 Å². The molecule has 7 heteroatoms. The highest BCUT2D eigenvalue weighted by Gasteiger charge is 2.19. The lowest BCUT2D eigenvalue weighted by Crippen LogP contribution is -2.42. The topological polar surface area (TPSA) is 111 Å². The van der Waals surface area contributed by atoms with Crippen molar-refractivity contribution in [2.24, 2.45) is 5.84 Å². The number of benzene rings is 1. The van der Waals surface area contributed by atoms with Gasteiger partial charge in [0.15, 0.2) is 6.10 Å². The Hall–Kier alpha value is -1.83. The first-order chi connectivity index (χ1) is 13.1. The second kappa shape index (κ2) is 14.3. The van der Waals surface area contributed by atoms with Crippen LogP contribution >= 0.6 is 0 Å². The van der Waals surface area contributed by atoms with Gasteiger partial charge in [-0.05, 0) is 37.1 Å². The van der Waals surface area contributed by atoms with Gasteiger partial charge in [0.1, 0.15) is 5.75 Å². The Labute approximate surface area is 162 Å². The van der Waals surface area contributed by atoms with Gasteiger partial charge in [-0.1, -0.05) is 64.7 Å². The van der Waals surface area contributed by atoms with Crippen LogP contribution in [-0.4, -0.2) is 17.2 Å². The molecule has 1 atom stereocenters. The molecule has 0 aliphatic rings. The number of unbranched alkanes of at least 4 members (excludes halogenated alkanes) is 9. The van der Waals surface area contributed by atoms with E-state index in [2.05, 4.69) is 12.3 Å². The number of nitrogens with two attached hydrogens (primary N) is 1. The minimum atomic E-state index is -0.674. The van der Waals surface area contributed by atoms with Crippen molar-refractivity contribution in [3.05, 3.63) is 29.5 Å². The quantitative estimate of drug-likeness (QED) is 0.180. The molecule has 1 unspecified atom stereocenters. The minimum absolute atomic E-state index is 0.0943. The summed E-state index contributed by atoms with van der Waals surface area (Å²) in [6, 6.07) is 5.90. The van der Waals surface area contributed by atoms with Crippen LogP contribution in [0.3, 0.4) is 0 Å². The highest BCUT2D eigenvalue weighted by Crippen LogP contribution is 2.20. The zero-order valence-corrected chi connectivity index (χ0v) is 16.4. The van der Waals surface area contributed by atoms with Gasteiger partial charge in [-0.2, -0.15) is 0 Å². The molecule has 0 heterocycles. The van der Waals surface area contributed by atoms with Crippen molar-refractivity contribution in [1.29, 1.82) is 0 Å². The smallest absolute Gasteiger partial charge is 0.274 e. The van der Waals surface area contributed by atoms with Crippen LogP contribution < -0.4 is 21.2 Å². The Bertz CT molecular complexity index is 508. The molecular weight excluding hydrogens is 346 g/mol. The average Bonchev–Trinajstić information content (AvgIpc) is 2.68. The highest BCUT2D eigenvalue weighted by atomic mass is 16.8. The summed E-state index contributed by atoms with van der Waals surface area (Å²) in [7, 11) is 0. The molecule has 0 radical (unpaired) electrons. The van der Waals surface area contributed by atoms with Crippen molar-refractivity contribution >= 4 is 11.6 Å². The van der Waals surface area contributed by atoms with Crippen molar-refractivity contribution in [3.8, 4) is 5.75 Å². The van der Waals surface area contributed by atoms with E-state index in [0.717, 1.165) is 19.3 Å². The highest BCUT2D eigenvalue weighted by molar-refractivity contribution is 5.80. The zero-order chi connectivity index (χ0) is 19.9. The zero-order valence-electron chi connectivity index (χ0n) is 16.4. The fourth-order valence-corrected chi connectivity index (χ4v) is 2.97. The lowest BCUT2D eigenvalue weighted by molar-refractivity contribution is -0.128. The van der Waals surface area contributed by atoms with Crippen molar-refractivity contribution in [2.45, 2.75) is 83.7 Å². The summed E-state index contributed by atoms with van der Waals surface area (Å²) >= 11 is 0. The largest absolute Gasteiger partial charge is 0.733 e. The number of ether oxygens (including phenoxy) is 1. The first-order valence-corrected chi connectivity index (χ1v) is 10.0. The van der Waals surface area contributed by atoms with Gasteiger partial charge in [0, 0.05) is 0 Å². The van der Waals surface area contributed by atoms with Crippen molar-refractivity contribution in [2.75, 3.05) is 5.23 Å². The number of hydrogen-bond acceptors (Lipinski definition) is 6. The maximum Gasteiger partial charge on any atom is 0.274 e. The number of carbonyl (C=O) groups is 1. The molecule has 1 rings (SSSR count). The van der Waals surface area contributed by atoms with Gasteiger partial charge in [-0.15, -0.1) is 0 Å². The molecular formula is C20H34N3O4-. The average molecular weight is 381 g/mol. The maximum atomic E-state index is 11.9. The molecule has 0 aliphatic carbocycles. The summed E-state index contributed by atoms with van der Waals surface area (Å²) < 4.78 is 5.69. The first-order valence-electron chi connectivity index (χ1n) is 10.0. The minimum Gasteiger partial charge on any atom is -0.733 e. The summed E-state index contributed by atoms with van der Waals surface area (Å²) in [6.45, 7) is 2.23. The number of hydrazine groups is 1. The van der Waals surface area contributed by atoms with Gasteiger partial charge < -0.3 is 15.2 Å². The Balaban J connectivity index is 2.27. The van der Waals surface area contributed by atoms with Gasteiger partial charge >= 0.3 is 0 Å². The summed E-state index contributed by atoms with van der Waals surface area (Å²) in [5.41, 5.74) is 2.23. The SMILES string of the molecule is CCCCCCCCCCCCC(Oc1ccc(N([O-])O)cc1)C(=O)NN. The van der Waals surface area contributed by atoms with Crippen LogP contribution in [0.1, 0.15) is 77.6 Å². The number of amides is 1. The van der Waals surface area contributed by atoms with E-state index in [4.69, 9.17) is 15.8 Å². The van der Waals surface area contributed by atoms with Crippen LogP contribution in [0, 0.1) is 5.21 Å². The first kappa shape index (κ1) is 23.2. The van der Waals surface area contributed by atoms with Gasteiger partial charge in [0.05, 0.1) is 5.69 Å². The number of rotatable bonds is 15. The normalized spacial score (nSPS) is 11.9. The van der Waals surface area contributed by atoms with Crippen LogP contribution in [-0.2, 0) is 4.79 Å². The monoisotopic (exact) mass is 380 g/mol. The molecule has 0 aliphatic heterocycles. The Morgan fingerprint density at radius 1 is 1.07 bits per heavy atom. The van der Waals surface area contributed by atoms with E-state index in [0.29, 0.717) is 12.2 Å². The Kier molecular flexibility index (Phi) is 12.3. The third kappa shape index (κ3) is 10.2. The maximum absolute atomic E-state index is 11.9. The molecule has 1 aromatic carbocycles. The van der Waals surface area contributed by atoms with Crippen LogP contribution in [0.25, 0.3) is 0 Å². The van der Waals surface area contributed by atoms with E-state index in [9.17, 15) is 10.0 Å². The molecule has 0 bridgehead atoms. The second-order valence-corrected chi connectivity index (χ2v) is 6.85. The Morgan fingerprint density at radius 3 is 2.07 bits per heavy atom. The van der Waals surface area contributed by atoms with E-state index in [1.807, 2.05) is 0 Å². The standard InChI is InChI=1S/C20H34N3O4/c1-2-3-4-5-6-7-8-9-10-11-12-19(20(24)22-21)27-18-15-13-17(14-16-18)23(25)26/h13-16,19,25H,2-12,21H2,1H3,(H,22,24)/q-1. The molecule has 0 saturated carbocycles. The molecule has 0 fully saturated rings. The summed E-state index contributed by atoms with van der Waals surface area (Å²) in [5, 5.41) is 19.4.